The molecule has 3 nitrogen and oxygen atoms in total. The fourth-order valence-corrected chi connectivity index (χ4v) is 4.62. The molecule has 2 fully saturated rings. The molecule has 2 saturated carbocycles. The highest BCUT2D eigenvalue weighted by atomic mass is 16.3. The fourth-order valence-electron chi connectivity index (χ4n) is 4.62. The standard InChI is InChI=1S/C18H36N2O/c1-5-12-19-16-15(8-11-17(16,2)3)13-20(4)14-18(21)9-6-7-10-18/h15-16,19,21H,5-14H2,1-4H3. The highest BCUT2D eigenvalue weighted by molar-refractivity contribution is 4.97. The summed E-state index contributed by atoms with van der Waals surface area (Å²) in [5.74, 6) is 0.724. The Morgan fingerprint density at radius 1 is 1.19 bits per heavy atom. The molecule has 2 atom stereocenters. The first-order valence-electron chi connectivity index (χ1n) is 9.01. The van der Waals surface area contributed by atoms with Gasteiger partial charge in [0.1, 0.15) is 0 Å². The van der Waals surface area contributed by atoms with E-state index >= 15 is 0 Å². The second-order valence-electron chi connectivity index (χ2n) is 8.35. The van der Waals surface area contributed by atoms with Gasteiger partial charge in [-0.05, 0) is 57.0 Å². The van der Waals surface area contributed by atoms with E-state index in [-0.39, 0.29) is 0 Å². The quantitative estimate of drug-likeness (QED) is 0.758. The Balaban J connectivity index is 1.88. The summed E-state index contributed by atoms with van der Waals surface area (Å²) in [7, 11) is 2.19. The Morgan fingerprint density at radius 2 is 1.86 bits per heavy atom. The van der Waals surface area contributed by atoms with Crippen molar-refractivity contribution < 1.29 is 5.11 Å². The van der Waals surface area contributed by atoms with Gasteiger partial charge in [-0.25, -0.2) is 0 Å². The predicted octanol–water partition coefficient (Wildman–Crippen LogP) is 3.03. The highest BCUT2D eigenvalue weighted by Crippen LogP contribution is 2.42. The summed E-state index contributed by atoms with van der Waals surface area (Å²) in [6.07, 6.45) is 8.21. The van der Waals surface area contributed by atoms with Gasteiger partial charge >= 0.3 is 0 Å². The lowest BCUT2D eigenvalue weighted by molar-refractivity contribution is 0.0115. The molecule has 2 aliphatic carbocycles. The molecule has 3 heteroatoms. The average molecular weight is 296 g/mol. The van der Waals surface area contributed by atoms with Gasteiger partial charge in [0.2, 0.25) is 0 Å². The van der Waals surface area contributed by atoms with Gasteiger partial charge in [0.15, 0.2) is 0 Å². The normalized spacial score (nSPS) is 31.1. The van der Waals surface area contributed by atoms with Crippen LogP contribution in [0.2, 0.25) is 0 Å². The number of aliphatic hydroxyl groups is 1. The number of nitrogens with zero attached hydrogens (tertiary/aromatic N) is 1. The largest absolute Gasteiger partial charge is 0.389 e. The Bertz CT molecular complexity index is 323. The van der Waals surface area contributed by atoms with Gasteiger partial charge in [0.05, 0.1) is 5.60 Å². The van der Waals surface area contributed by atoms with Gasteiger partial charge in [-0.15, -0.1) is 0 Å². The maximum Gasteiger partial charge on any atom is 0.0774 e. The SMILES string of the molecule is CCCNC1C(CN(C)CC2(O)CCCC2)CCC1(C)C. The van der Waals surface area contributed by atoms with Gasteiger partial charge in [0.25, 0.3) is 0 Å². The van der Waals surface area contributed by atoms with Crippen LogP contribution in [-0.2, 0) is 0 Å². The first-order valence-corrected chi connectivity index (χ1v) is 9.01. The number of rotatable bonds is 7. The van der Waals surface area contributed by atoms with E-state index in [0.29, 0.717) is 11.5 Å². The van der Waals surface area contributed by atoms with Crippen LogP contribution in [-0.4, -0.2) is 48.3 Å². The first-order chi connectivity index (χ1) is 9.86. The third kappa shape index (κ3) is 4.43. The average Bonchev–Trinajstić information content (AvgIpc) is 2.92. The Hall–Kier alpha value is -0.120. The van der Waals surface area contributed by atoms with Crippen molar-refractivity contribution in [2.75, 3.05) is 26.7 Å². The zero-order valence-corrected chi connectivity index (χ0v) is 14.6. The van der Waals surface area contributed by atoms with Crippen LogP contribution in [0.3, 0.4) is 0 Å². The molecule has 2 unspecified atom stereocenters. The van der Waals surface area contributed by atoms with Crippen molar-refractivity contribution in [3.8, 4) is 0 Å². The van der Waals surface area contributed by atoms with E-state index in [2.05, 4.69) is 38.0 Å². The highest BCUT2D eigenvalue weighted by Gasteiger charge is 2.42. The van der Waals surface area contributed by atoms with Crippen molar-refractivity contribution in [1.82, 2.24) is 10.2 Å². The number of hydrogen-bond donors (Lipinski definition) is 2. The van der Waals surface area contributed by atoms with Crippen LogP contribution in [0.5, 0.6) is 0 Å². The second-order valence-corrected chi connectivity index (χ2v) is 8.35. The first kappa shape index (κ1) is 17.2. The summed E-state index contributed by atoms with van der Waals surface area (Å²) in [6, 6.07) is 0.623. The van der Waals surface area contributed by atoms with Crippen molar-refractivity contribution in [3.05, 3.63) is 0 Å². The molecule has 21 heavy (non-hydrogen) atoms. The predicted molar refractivity (Wildman–Crippen MR) is 89.5 cm³/mol. The van der Waals surface area contributed by atoms with Gasteiger partial charge < -0.3 is 15.3 Å². The summed E-state index contributed by atoms with van der Waals surface area (Å²) in [5.41, 5.74) is 0.000152. The molecule has 0 aromatic heterocycles. The van der Waals surface area contributed by atoms with Crippen LogP contribution >= 0.6 is 0 Å². The maximum absolute atomic E-state index is 10.6. The molecule has 0 spiro atoms. The molecule has 0 bridgehead atoms. The third-order valence-corrected chi connectivity index (χ3v) is 5.73. The maximum atomic E-state index is 10.6. The molecule has 124 valence electrons. The molecular formula is C18H36N2O. The van der Waals surface area contributed by atoms with Crippen LogP contribution in [0.25, 0.3) is 0 Å². The smallest absolute Gasteiger partial charge is 0.0774 e. The Kier molecular flexibility index (Phi) is 5.72. The van der Waals surface area contributed by atoms with Gasteiger partial charge in [-0.3, -0.25) is 0 Å². The summed E-state index contributed by atoms with van der Waals surface area (Å²) < 4.78 is 0. The zero-order valence-electron chi connectivity index (χ0n) is 14.6. The number of likely N-dealkylation sites (N-methyl/N-ethyl adjacent to an activating group) is 1. The van der Waals surface area contributed by atoms with Crippen LogP contribution in [0.4, 0.5) is 0 Å². The molecular weight excluding hydrogens is 260 g/mol. The molecule has 2 N–H and O–H groups in total. The molecule has 2 aliphatic rings. The molecule has 0 radical (unpaired) electrons. The van der Waals surface area contributed by atoms with Gasteiger partial charge in [-0.2, -0.15) is 0 Å². The van der Waals surface area contributed by atoms with E-state index in [1.165, 1.54) is 32.1 Å². The lowest BCUT2D eigenvalue weighted by atomic mass is 9.84. The lowest BCUT2D eigenvalue weighted by Crippen LogP contribution is -2.47. The van der Waals surface area contributed by atoms with E-state index in [9.17, 15) is 5.11 Å². The van der Waals surface area contributed by atoms with E-state index in [1.54, 1.807) is 0 Å². The van der Waals surface area contributed by atoms with Crippen LogP contribution < -0.4 is 5.32 Å². The van der Waals surface area contributed by atoms with Gasteiger partial charge in [-0.1, -0.05) is 33.6 Å². The Morgan fingerprint density at radius 3 is 2.48 bits per heavy atom. The Labute approximate surface area is 131 Å². The molecule has 0 aromatic rings. The van der Waals surface area contributed by atoms with Crippen LogP contribution in [0.1, 0.15) is 65.7 Å². The minimum atomic E-state index is -0.408. The fraction of sp³-hybridized carbons (Fsp3) is 1.00. The van der Waals surface area contributed by atoms with Crippen LogP contribution in [0, 0.1) is 11.3 Å². The van der Waals surface area contributed by atoms with E-state index in [1.807, 2.05) is 0 Å². The lowest BCUT2D eigenvalue weighted by Gasteiger charge is -2.35. The summed E-state index contributed by atoms with van der Waals surface area (Å²) in [5, 5.41) is 14.4. The summed E-state index contributed by atoms with van der Waals surface area (Å²) in [6.45, 7) is 10.1. The van der Waals surface area contributed by atoms with E-state index in [0.717, 1.165) is 38.4 Å². The van der Waals surface area contributed by atoms with E-state index in [4.69, 9.17) is 0 Å². The topological polar surface area (TPSA) is 35.5 Å². The van der Waals surface area contributed by atoms with Crippen molar-refractivity contribution >= 4 is 0 Å². The molecule has 0 aliphatic heterocycles. The zero-order chi connectivity index (χ0) is 15.5. The van der Waals surface area contributed by atoms with E-state index < -0.39 is 5.60 Å². The summed E-state index contributed by atoms with van der Waals surface area (Å²) >= 11 is 0. The van der Waals surface area contributed by atoms with Crippen LogP contribution in [0.15, 0.2) is 0 Å². The van der Waals surface area contributed by atoms with Crippen molar-refractivity contribution in [2.45, 2.75) is 77.4 Å². The van der Waals surface area contributed by atoms with Crippen molar-refractivity contribution in [1.29, 1.82) is 0 Å². The van der Waals surface area contributed by atoms with Gasteiger partial charge in [0, 0.05) is 19.1 Å². The molecule has 0 aromatic carbocycles. The molecule has 0 heterocycles. The minimum Gasteiger partial charge on any atom is -0.389 e. The van der Waals surface area contributed by atoms with Crippen molar-refractivity contribution in [3.63, 3.8) is 0 Å². The molecule has 0 saturated heterocycles. The third-order valence-electron chi connectivity index (χ3n) is 5.73. The van der Waals surface area contributed by atoms with Crippen molar-refractivity contribution in [2.24, 2.45) is 11.3 Å². The second kappa shape index (κ2) is 6.97. The summed E-state index contributed by atoms with van der Waals surface area (Å²) in [4.78, 5) is 2.39. The monoisotopic (exact) mass is 296 g/mol. The molecule has 0 amide bonds. The molecule has 2 rings (SSSR count). The number of nitrogens with one attached hydrogen (secondary N) is 1. The minimum absolute atomic E-state index is 0.408. The number of hydrogen-bond acceptors (Lipinski definition) is 3.